The van der Waals surface area contributed by atoms with E-state index in [0.717, 1.165) is 17.7 Å². The summed E-state index contributed by atoms with van der Waals surface area (Å²) in [6, 6.07) is 6.35. The SMILES string of the molecule is CC1=CC=c2cc(-c3cccs3)[nH]c2=NC1. The molecule has 0 aliphatic carbocycles. The van der Waals surface area contributed by atoms with Crippen LogP contribution in [0.3, 0.4) is 0 Å². The summed E-state index contributed by atoms with van der Waals surface area (Å²) in [6.45, 7) is 2.89. The molecule has 80 valence electrons. The topological polar surface area (TPSA) is 28.1 Å². The van der Waals surface area contributed by atoms with Crippen LogP contribution in [-0.2, 0) is 0 Å². The predicted octanol–water partition coefficient (Wildman–Crippen LogP) is 2.10. The summed E-state index contributed by atoms with van der Waals surface area (Å²) in [5, 5.41) is 3.27. The van der Waals surface area contributed by atoms with E-state index in [9.17, 15) is 0 Å². The van der Waals surface area contributed by atoms with Crippen LogP contribution in [0.5, 0.6) is 0 Å². The van der Waals surface area contributed by atoms with E-state index in [1.807, 2.05) is 0 Å². The maximum Gasteiger partial charge on any atom is 0.133 e. The third-order valence-electron chi connectivity index (χ3n) is 2.65. The van der Waals surface area contributed by atoms with Gasteiger partial charge in [0.15, 0.2) is 0 Å². The number of hydrogen-bond donors (Lipinski definition) is 1. The molecule has 0 amide bonds. The second kappa shape index (κ2) is 3.76. The Morgan fingerprint density at radius 1 is 1.38 bits per heavy atom. The summed E-state index contributed by atoms with van der Waals surface area (Å²) < 4.78 is 0. The highest BCUT2D eigenvalue weighted by Crippen LogP contribution is 2.20. The minimum atomic E-state index is 0.786. The van der Waals surface area contributed by atoms with Gasteiger partial charge in [-0.15, -0.1) is 11.3 Å². The van der Waals surface area contributed by atoms with Gasteiger partial charge in [0, 0.05) is 5.22 Å². The minimum absolute atomic E-state index is 0.786. The normalized spacial score (nSPS) is 14.4. The number of hydrogen-bond acceptors (Lipinski definition) is 2. The molecular formula is C13H12N2S. The second-order valence-corrected chi connectivity index (χ2v) is 4.91. The van der Waals surface area contributed by atoms with Gasteiger partial charge in [0.1, 0.15) is 5.49 Å². The molecule has 3 heterocycles. The number of aromatic amines is 1. The molecule has 1 aliphatic heterocycles. The van der Waals surface area contributed by atoms with Crippen molar-refractivity contribution >= 4 is 17.4 Å². The molecule has 0 saturated heterocycles. The van der Waals surface area contributed by atoms with Crippen molar-refractivity contribution in [2.24, 2.45) is 4.99 Å². The number of rotatable bonds is 1. The Labute approximate surface area is 97.7 Å². The molecule has 2 nitrogen and oxygen atoms in total. The Hall–Kier alpha value is -1.61. The standard InChI is InChI=1S/C13H12N2S/c1-9-4-5-10-7-11(12-3-2-6-16-12)15-13(10)14-8-9/h2-7H,8H2,1H3,(H,14,15). The van der Waals surface area contributed by atoms with Crippen molar-refractivity contribution < 1.29 is 0 Å². The molecule has 2 aromatic rings. The fourth-order valence-corrected chi connectivity index (χ4v) is 2.47. The summed E-state index contributed by atoms with van der Waals surface area (Å²) in [5.41, 5.74) is 3.45. The van der Waals surface area contributed by atoms with Crippen LogP contribution in [0.2, 0.25) is 0 Å². The van der Waals surface area contributed by atoms with Crippen molar-refractivity contribution in [2.75, 3.05) is 6.54 Å². The first-order chi connectivity index (χ1) is 7.83. The average Bonchev–Trinajstić information content (AvgIpc) is 2.90. The number of allylic oxidation sites excluding steroid dienone is 1. The molecule has 0 atom stereocenters. The molecule has 0 bridgehead atoms. The van der Waals surface area contributed by atoms with Gasteiger partial charge in [-0.3, -0.25) is 4.99 Å². The summed E-state index contributed by atoms with van der Waals surface area (Å²) in [6.07, 6.45) is 4.27. The van der Waals surface area contributed by atoms with Crippen LogP contribution in [-0.4, -0.2) is 11.5 Å². The lowest BCUT2D eigenvalue weighted by Gasteiger charge is -1.90. The van der Waals surface area contributed by atoms with E-state index in [2.05, 4.69) is 52.6 Å². The lowest BCUT2D eigenvalue weighted by molar-refractivity contribution is 1.03. The fourth-order valence-electron chi connectivity index (χ4n) is 1.77. The molecule has 0 unspecified atom stereocenters. The highest BCUT2D eigenvalue weighted by atomic mass is 32.1. The van der Waals surface area contributed by atoms with Crippen molar-refractivity contribution in [3.63, 3.8) is 0 Å². The third-order valence-corrected chi connectivity index (χ3v) is 3.55. The van der Waals surface area contributed by atoms with Crippen molar-refractivity contribution in [3.05, 3.63) is 45.9 Å². The molecule has 1 aliphatic rings. The highest BCUT2D eigenvalue weighted by molar-refractivity contribution is 7.13. The summed E-state index contributed by atoms with van der Waals surface area (Å²) in [7, 11) is 0. The van der Waals surface area contributed by atoms with Crippen LogP contribution < -0.4 is 10.7 Å². The summed E-state index contributed by atoms with van der Waals surface area (Å²) >= 11 is 1.74. The van der Waals surface area contributed by atoms with E-state index >= 15 is 0 Å². The lowest BCUT2D eigenvalue weighted by Crippen LogP contribution is -2.21. The number of thiophene rings is 1. The minimum Gasteiger partial charge on any atom is -0.339 e. The van der Waals surface area contributed by atoms with Gasteiger partial charge in [0.2, 0.25) is 0 Å². The third kappa shape index (κ3) is 1.63. The molecule has 0 radical (unpaired) electrons. The van der Waals surface area contributed by atoms with E-state index in [-0.39, 0.29) is 0 Å². The first-order valence-corrected chi connectivity index (χ1v) is 6.16. The van der Waals surface area contributed by atoms with Gasteiger partial charge >= 0.3 is 0 Å². The molecular weight excluding hydrogens is 216 g/mol. The second-order valence-electron chi connectivity index (χ2n) is 3.96. The number of aromatic nitrogens is 1. The number of fused-ring (bicyclic) bond motifs is 1. The van der Waals surface area contributed by atoms with Gasteiger partial charge in [-0.25, -0.2) is 0 Å². The molecule has 3 rings (SSSR count). The van der Waals surface area contributed by atoms with Crippen molar-refractivity contribution in [2.45, 2.75) is 6.92 Å². The molecule has 3 heteroatoms. The zero-order valence-corrected chi connectivity index (χ0v) is 9.84. The smallest absolute Gasteiger partial charge is 0.133 e. The zero-order chi connectivity index (χ0) is 11.0. The molecule has 1 N–H and O–H groups in total. The first kappa shape index (κ1) is 9.60. The molecule has 0 saturated carbocycles. The van der Waals surface area contributed by atoms with Crippen molar-refractivity contribution in [1.29, 1.82) is 0 Å². The largest absolute Gasteiger partial charge is 0.339 e. The Kier molecular flexibility index (Phi) is 2.26. The quantitative estimate of drug-likeness (QED) is 0.774. The number of H-pyrrole nitrogens is 1. The zero-order valence-electron chi connectivity index (χ0n) is 9.03. The van der Waals surface area contributed by atoms with Crippen LogP contribution in [0.25, 0.3) is 16.6 Å². The van der Waals surface area contributed by atoms with Gasteiger partial charge in [0.25, 0.3) is 0 Å². The Bertz CT molecular complexity index is 645. The average molecular weight is 228 g/mol. The van der Waals surface area contributed by atoms with Gasteiger partial charge in [-0.05, 0) is 24.4 Å². The fraction of sp³-hybridized carbons (Fsp3) is 0.154. The number of nitrogens with one attached hydrogen (secondary N) is 1. The van der Waals surface area contributed by atoms with E-state index in [0.29, 0.717) is 0 Å². The van der Waals surface area contributed by atoms with Crippen LogP contribution in [0.1, 0.15) is 6.92 Å². The Balaban J connectivity index is 2.19. The Morgan fingerprint density at radius 3 is 3.12 bits per heavy atom. The molecule has 16 heavy (non-hydrogen) atoms. The van der Waals surface area contributed by atoms with Gasteiger partial charge in [-0.2, -0.15) is 0 Å². The maximum absolute atomic E-state index is 4.55. The molecule has 2 aromatic heterocycles. The summed E-state index contributed by atoms with van der Waals surface area (Å²) in [5.74, 6) is 0. The van der Waals surface area contributed by atoms with Gasteiger partial charge < -0.3 is 4.98 Å². The summed E-state index contributed by atoms with van der Waals surface area (Å²) in [4.78, 5) is 9.19. The van der Waals surface area contributed by atoms with E-state index in [4.69, 9.17) is 0 Å². The van der Waals surface area contributed by atoms with Crippen LogP contribution in [0.15, 0.2) is 40.2 Å². The lowest BCUT2D eigenvalue weighted by atomic mass is 10.2. The number of nitrogens with zero attached hydrogens (tertiary/aromatic N) is 1. The maximum atomic E-state index is 4.55. The van der Waals surface area contributed by atoms with Gasteiger partial charge in [0.05, 0.1) is 17.1 Å². The van der Waals surface area contributed by atoms with Crippen LogP contribution in [0.4, 0.5) is 0 Å². The highest BCUT2D eigenvalue weighted by Gasteiger charge is 2.03. The van der Waals surface area contributed by atoms with Crippen molar-refractivity contribution in [3.8, 4) is 10.6 Å². The molecule has 0 fully saturated rings. The van der Waals surface area contributed by atoms with Crippen LogP contribution in [0, 0.1) is 0 Å². The van der Waals surface area contributed by atoms with E-state index < -0.39 is 0 Å². The molecule has 0 aromatic carbocycles. The van der Waals surface area contributed by atoms with Crippen molar-refractivity contribution in [1.82, 2.24) is 4.98 Å². The molecule has 0 spiro atoms. The first-order valence-electron chi connectivity index (χ1n) is 5.28. The van der Waals surface area contributed by atoms with Crippen LogP contribution >= 0.6 is 11.3 Å². The van der Waals surface area contributed by atoms with E-state index in [1.165, 1.54) is 15.7 Å². The van der Waals surface area contributed by atoms with Gasteiger partial charge in [-0.1, -0.05) is 23.8 Å². The Morgan fingerprint density at radius 2 is 2.31 bits per heavy atom. The monoisotopic (exact) mass is 228 g/mol. The predicted molar refractivity (Wildman–Crippen MR) is 68.0 cm³/mol. The van der Waals surface area contributed by atoms with E-state index in [1.54, 1.807) is 11.3 Å².